The van der Waals surface area contributed by atoms with E-state index in [1.807, 2.05) is 6.07 Å². The molecule has 180 valence electrons. The van der Waals surface area contributed by atoms with E-state index in [1.54, 1.807) is 12.1 Å². The Kier molecular flexibility index (Phi) is 6.17. The van der Waals surface area contributed by atoms with Gasteiger partial charge in [-0.15, -0.1) is 0 Å². The van der Waals surface area contributed by atoms with Gasteiger partial charge in [0.15, 0.2) is 15.6 Å². The van der Waals surface area contributed by atoms with E-state index in [1.165, 1.54) is 24.3 Å². The Morgan fingerprint density at radius 1 is 1.20 bits per heavy atom. The molecule has 0 saturated heterocycles. The molecule has 1 aliphatic carbocycles. The van der Waals surface area contributed by atoms with Gasteiger partial charge in [0.25, 0.3) is 0 Å². The number of Topliss-reactive ketones (excluding diaryl/α,β-unsaturated/α-hetero) is 1. The molecule has 1 heterocycles. The van der Waals surface area contributed by atoms with Crippen LogP contribution in [0.25, 0.3) is 0 Å². The van der Waals surface area contributed by atoms with Crippen molar-refractivity contribution in [1.82, 2.24) is 4.90 Å². The summed E-state index contributed by atoms with van der Waals surface area (Å²) in [4.78, 5) is 41.3. The number of ether oxygens (including phenoxy) is 1. The first-order valence-corrected chi connectivity index (χ1v) is 12.4. The standard InChI is InChI=1S/C24H20FN3O6S/c1-34-24(31)28-22(17-7-6-15(13-26)11-20(17)35(2,32)33)21-18(8-9-19(21)29)27(23(28)30)16-5-3-4-14(10-16)12-25/h3-7,10-11,22H,8-9,12H2,1-2H3/t22-/m1/s1. The monoisotopic (exact) mass is 497 g/mol. The van der Waals surface area contributed by atoms with Crippen molar-refractivity contribution in [3.05, 3.63) is 70.4 Å². The highest BCUT2D eigenvalue weighted by atomic mass is 32.2. The summed E-state index contributed by atoms with van der Waals surface area (Å²) in [5.74, 6) is -0.373. The molecule has 0 unspecified atom stereocenters. The number of amides is 3. The fourth-order valence-electron chi connectivity index (χ4n) is 4.44. The molecule has 11 heteroatoms. The van der Waals surface area contributed by atoms with E-state index in [2.05, 4.69) is 0 Å². The molecule has 1 aliphatic heterocycles. The average molecular weight is 498 g/mol. The molecule has 4 rings (SSSR count). The summed E-state index contributed by atoms with van der Waals surface area (Å²) in [6, 6.07) is 9.46. The van der Waals surface area contributed by atoms with Crippen LogP contribution in [-0.2, 0) is 26.0 Å². The fraction of sp³-hybridized carbons (Fsp3) is 0.250. The molecule has 0 saturated carbocycles. The van der Waals surface area contributed by atoms with Crippen molar-refractivity contribution in [2.24, 2.45) is 0 Å². The molecule has 0 aromatic heterocycles. The minimum absolute atomic E-state index is 0.00911. The lowest BCUT2D eigenvalue weighted by Crippen LogP contribution is -2.52. The topological polar surface area (TPSA) is 125 Å². The summed E-state index contributed by atoms with van der Waals surface area (Å²) in [5.41, 5.74) is 0.950. The minimum atomic E-state index is -3.94. The number of alkyl halides is 1. The van der Waals surface area contributed by atoms with Gasteiger partial charge in [-0.1, -0.05) is 18.2 Å². The van der Waals surface area contributed by atoms with Gasteiger partial charge in [-0.3, -0.25) is 9.69 Å². The minimum Gasteiger partial charge on any atom is -0.452 e. The van der Waals surface area contributed by atoms with Crippen molar-refractivity contribution in [2.45, 2.75) is 30.5 Å². The summed E-state index contributed by atoms with van der Waals surface area (Å²) >= 11 is 0. The first-order chi connectivity index (χ1) is 16.6. The lowest BCUT2D eigenvalue weighted by molar-refractivity contribution is -0.115. The van der Waals surface area contributed by atoms with Crippen molar-refractivity contribution < 1.29 is 31.9 Å². The van der Waals surface area contributed by atoms with Crippen LogP contribution in [0.5, 0.6) is 0 Å². The number of imide groups is 1. The summed E-state index contributed by atoms with van der Waals surface area (Å²) in [6.45, 7) is -0.785. The van der Waals surface area contributed by atoms with Gasteiger partial charge in [-0.05, 0) is 41.8 Å². The number of allylic oxidation sites excluding steroid dienone is 1. The fourth-order valence-corrected chi connectivity index (χ4v) is 5.39. The van der Waals surface area contributed by atoms with Crippen molar-refractivity contribution in [3.8, 4) is 6.07 Å². The number of hydrogen-bond donors (Lipinski definition) is 0. The smallest absolute Gasteiger partial charge is 0.418 e. The van der Waals surface area contributed by atoms with Crippen LogP contribution in [-0.4, -0.2) is 44.6 Å². The maximum atomic E-state index is 13.8. The molecular formula is C24H20FN3O6S. The quantitative estimate of drug-likeness (QED) is 0.629. The lowest BCUT2D eigenvalue weighted by Gasteiger charge is -2.40. The molecule has 0 radical (unpaired) electrons. The van der Waals surface area contributed by atoms with E-state index in [0.29, 0.717) is 16.2 Å². The maximum Gasteiger partial charge on any atom is 0.418 e. The van der Waals surface area contributed by atoms with Gasteiger partial charge in [0.05, 0.1) is 29.3 Å². The third-order valence-electron chi connectivity index (χ3n) is 5.93. The number of halogens is 1. The molecule has 35 heavy (non-hydrogen) atoms. The molecule has 0 N–H and O–H groups in total. The Labute approximate surface area is 200 Å². The Morgan fingerprint density at radius 2 is 1.94 bits per heavy atom. The third kappa shape index (κ3) is 4.06. The predicted molar refractivity (Wildman–Crippen MR) is 122 cm³/mol. The molecule has 3 amide bonds. The number of hydrogen-bond acceptors (Lipinski definition) is 7. The van der Waals surface area contributed by atoms with Crippen LogP contribution in [0.15, 0.2) is 58.6 Å². The molecule has 1 atom stereocenters. The van der Waals surface area contributed by atoms with Gasteiger partial charge in [-0.25, -0.2) is 27.3 Å². The number of carbonyl (C=O) groups excluding carboxylic acids is 3. The van der Waals surface area contributed by atoms with Crippen LogP contribution < -0.4 is 4.90 Å². The number of nitrogens with zero attached hydrogens (tertiary/aromatic N) is 3. The number of nitriles is 1. The molecule has 0 bridgehead atoms. The van der Waals surface area contributed by atoms with Gasteiger partial charge in [0, 0.05) is 23.9 Å². The Hall–Kier alpha value is -4.04. The van der Waals surface area contributed by atoms with Gasteiger partial charge in [-0.2, -0.15) is 5.26 Å². The van der Waals surface area contributed by atoms with Crippen LogP contribution in [0, 0.1) is 11.3 Å². The van der Waals surface area contributed by atoms with Gasteiger partial charge >= 0.3 is 12.1 Å². The second-order valence-corrected chi connectivity index (χ2v) is 10.1. The number of ketones is 1. The number of anilines is 1. The van der Waals surface area contributed by atoms with E-state index < -0.39 is 34.7 Å². The SMILES string of the molecule is COC(=O)N1C(=O)N(c2cccc(CF)c2)C2=C(C(=O)CC2)[C@H]1c1ccc(C#N)cc1S(C)(=O)=O. The van der Waals surface area contributed by atoms with E-state index in [0.717, 1.165) is 24.3 Å². The zero-order valence-electron chi connectivity index (χ0n) is 18.8. The third-order valence-corrected chi connectivity index (χ3v) is 7.08. The van der Waals surface area contributed by atoms with Crippen molar-refractivity contribution >= 4 is 33.4 Å². The van der Waals surface area contributed by atoms with Crippen molar-refractivity contribution in [1.29, 1.82) is 5.26 Å². The second kappa shape index (κ2) is 8.96. The maximum absolute atomic E-state index is 13.8. The Morgan fingerprint density at radius 3 is 2.57 bits per heavy atom. The van der Waals surface area contributed by atoms with Crippen LogP contribution in [0.1, 0.15) is 35.6 Å². The zero-order chi connectivity index (χ0) is 25.5. The number of urea groups is 1. The Balaban J connectivity index is 2.04. The highest BCUT2D eigenvalue weighted by Crippen LogP contribution is 2.46. The van der Waals surface area contributed by atoms with Crippen LogP contribution in [0.3, 0.4) is 0 Å². The van der Waals surface area contributed by atoms with Crippen LogP contribution in [0.4, 0.5) is 19.7 Å². The van der Waals surface area contributed by atoms with Crippen LogP contribution in [0.2, 0.25) is 0 Å². The van der Waals surface area contributed by atoms with Crippen LogP contribution >= 0.6 is 0 Å². The predicted octanol–water partition coefficient (Wildman–Crippen LogP) is 3.80. The van der Waals surface area contributed by atoms with E-state index >= 15 is 0 Å². The van der Waals surface area contributed by atoms with Crippen molar-refractivity contribution in [2.75, 3.05) is 18.3 Å². The van der Waals surface area contributed by atoms with Gasteiger partial charge in [0.2, 0.25) is 0 Å². The average Bonchev–Trinajstić information content (AvgIpc) is 3.22. The first-order valence-electron chi connectivity index (χ1n) is 10.5. The highest BCUT2D eigenvalue weighted by Gasteiger charge is 2.50. The lowest BCUT2D eigenvalue weighted by atomic mass is 9.92. The van der Waals surface area contributed by atoms with E-state index in [4.69, 9.17) is 4.74 Å². The summed E-state index contributed by atoms with van der Waals surface area (Å²) in [6.07, 6.45) is 0.0191. The van der Waals surface area contributed by atoms with Gasteiger partial charge < -0.3 is 4.74 Å². The second-order valence-electron chi connectivity index (χ2n) is 8.08. The normalized spacial score (nSPS) is 17.9. The molecular weight excluding hydrogens is 477 g/mol. The summed E-state index contributed by atoms with van der Waals surface area (Å²) in [7, 11) is -2.89. The molecule has 0 spiro atoms. The number of sulfone groups is 1. The Bertz CT molecular complexity index is 1440. The number of benzene rings is 2. The molecule has 2 aliphatic rings. The molecule has 9 nitrogen and oxygen atoms in total. The number of rotatable bonds is 4. The van der Waals surface area contributed by atoms with Crippen molar-refractivity contribution in [3.63, 3.8) is 0 Å². The highest BCUT2D eigenvalue weighted by molar-refractivity contribution is 7.90. The first kappa shape index (κ1) is 24.1. The van der Waals surface area contributed by atoms with E-state index in [9.17, 15) is 32.5 Å². The largest absolute Gasteiger partial charge is 0.452 e. The number of carbonyl (C=O) groups is 3. The molecule has 2 aromatic carbocycles. The van der Waals surface area contributed by atoms with Gasteiger partial charge in [0.1, 0.15) is 12.7 Å². The molecule has 2 aromatic rings. The molecule has 0 fully saturated rings. The number of methoxy groups -OCH3 is 1. The zero-order valence-corrected chi connectivity index (χ0v) is 19.6. The summed E-state index contributed by atoms with van der Waals surface area (Å²) in [5, 5.41) is 9.26. The van der Waals surface area contributed by atoms with E-state index in [-0.39, 0.29) is 45.9 Å². The summed E-state index contributed by atoms with van der Waals surface area (Å²) < 4.78 is 43.5.